The highest BCUT2D eigenvalue weighted by atomic mass is 79.9. The summed E-state index contributed by atoms with van der Waals surface area (Å²) in [6.45, 7) is 0. The fourth-order valence-electron chi connectivity index (χ4n) is 1.32. The van der Waals surface area contributed by atoms with Crippen molar-refractivity contribution in [1.29, 1.82) is 0 Å². The number of aliphatic imine (C=N–C) groups is 1. The van der Waals surface area contributed by atoms with Crippen LogP contribution in [-0.2, 0) is 0 Å². The number of aromatic amines is 2. The Morgan fingerprint density at radius 2 is 2.11 bits per heavy atom. The summed E-state index contributed by atoms with van der Waals surface area (Å²) in [7, 11) is 0. The topological polar surface area (TPSA) is 98.3 Å². The van der Waals surface area contributed by atoms with Gasteiger partial charge in [0, 0.05) is 22.4 Å². The molecule has 0 aliphatic carbocycles. The lowest BCUT2D eigenvalue weighted by Gasteiger charge is -2.01. The summed E-state index contributed by atoms with van der Waals surface area (Å²) in [5, 5.41) is 9.48. The summed E-state index contributed by atoms with van der Waals surface area (Å²) >= 11 is 3.07. The van der Waals surface area contributed by atoms with E-state index < -0.39 is 22.8 Å². The molecule has 0 unspecified atom stereocenters. The van der Waals surface area contributed by atoms with E-state index >= 15 is 0 Å². The predicted molar refractivity (Wildman–Crippen MR) is 70.7 cm³/mol. The van der Waals surface area contributed by atoms with Crippen LogP contribution in [0.5, 0.6) is 5.75 Å². The first-order valence-corrected chi connectivity index (χ1v) is 5.81. The van der Waals surface area contributed by atoms with Gasteiger partial charge in [-0.3, -0.25) is 9.78 Å². The number of aromatic hydroxyl groups is 1. The van der Waals surface area contributed by atoms with Gasteiger partial charge in [-0.15, -0.1) is 0 Å². The van der Waals surface area contributed by atoms with E-state index in [4.69, 9.17) is 0 Å². The van der Waals surface area contributed by atoms with E-state index in [9.17, 15) is 19.1 Å². The number of hydrogen-bond donors (Lipinski definition) is 3. The van der Waals surface area contributed by atoms with Crippen molar-refractivity contribution in [2.45, 2.75) is 0 Å². The Kier molecular flexibility index (Phi) is 3.61. The molecule has 0 atom stereocenters. The quantitative estimate of drug-likeness (QED) is 0.727. The third-order valence-electron chi connectivity index (χ3n) is 2.20. The molecule has 2 rings (SSSR count). The minimum Gasteiger partial charge on any atom is -0.504 e. The predicted octanol–water partition coefficient (Wildman–Crippen LogP) is 1.42. The molecule has 0 spiro atoms. The minimum absolute atomic E-state index is 0.0700. The van der Waals surface area contributed by atoms with Gasteiger partial charge in [-0.2, -0.15) is 0 Å². The highest BCUT2D eigenvalue weighted by molar-refractivity contribution is 9.10. The summed E-state index contributed by atoms with van der Waals surface area (Å²) in [4.78, 5) is 30.1. The Morgan fingerprint density at radius 3 is 2.79 bits per heavy atom. The van der Waals surface area contributed by atoms with Gasteiger partial charge in [0.15, 0.2) is 11.6 Å². The molecule has 0 saturated carbocycles. The normalized spacial score (nSPS) is 11.1. The Balaban J connectivity index is 2.43. The van der Waals surface area contributed by atoms with Gasteiger partial charge in [0.1, 0.15) is 5.69 Å². The van der Waals surface area contributed by atoms with E-state index in [1.807, 2.05) is 4.98 Å². The molecule has 2 aromatic rings. The van der Waals surface area contributed by atoms with E-state index in [2.05, 4.69) is 25.9 Å². The molecule has 98 valence electrons. The summed E-state index contributed by atoms with van der Waals surface area (Å²) in [5.41, 5.74) is -1.31. The maximum Gasteiger partial charge on any atom is 0.325 e. The number of hydrogen-bond acceptors (Lipinski definition) is 4. The summed E-state index contributed by atoms with van der Waals surface area (Å²) < 4.78 is 13.7. The van der Waals surface area contributed by atoms with E-state index in [1.54, 1.807) is 0 Å². The number of H-pyrrole nitrogens is 2. The number of aromatic nitrogens is 2. The lowest BCUT2D eigenvalue weighted by molar-refractivity contribution is 0.431. The maximum absolute atomic E-state index is 13.2. The molecule has 0 fully saturated rings. The zero-order chi connectivity index (χ0) is 14.0. The van der Waals surface area contributed by atoms with Gasteiger partial charge in [-0.05, 0) is 12.1 Å². The average molecular weight is 328 g/mol. The van der Waals surface area contributed by atoms with Crippen molar-refractivity contribution in [3.05, 3.63) is 55.0 Å². The summed E-state index contributed by atoms with van der Waals surface area (Å²) in [5.74, 6) is -1.39. The molecule has 19 heavy (non-hydrogen) atoms. The fraction of sp³-hybridized carbons (Fsp3) is 0. The van der Waals surface area contributed by atoms with Gasteiger partial charge in [0.25, 0.3) is 5.56 Å². The number of rotatable bonds is 2. The SMILES string of the molecule is O=c1[nH]cc(N=Cc2cc(Br)cc(F)c2O)c(=O)[nH]1. The molecule has 0 aliphatic heterocycles. The third-order valence-corrected chi connectivity index (χ3v) is 2.66. The second-order valence-electron chi connectivity index (χ2n) is 3.54. The molecular weight excluding hydrogens is 321 g/mol. The first kappa shape index (κ1) is 13.2. The van der Waals surface area contributed by atoms with Gasteiger partial charge in [0.05, 0.1) is 0 Å². The lowest BCUT2D eigenvalue weighted by atomic mass is 10.2. The zero-order valence-electron chi connectivity index (χ0n) is 9.28. The number of nitrogens with one attached hydrogen (secondary N) is 2. The largest absolute Gasteiger partial charge is 0.504 e. The fourth-order valence-corrected chi connectivity index (χ4v) is 1.77. The third kappa shape index (κ3) is 2.97. The smallest absolute Gasteiger partial charge is 0.325 e. The molecule has 0 amide bonds. The number of phenolic OH excluding ortho intramolecular Hbond substituents is 1. The van der Waals surface area contributed by atoms with E-state index in [0.717, 1.165) is 18.5 Å². The molecule has 0 bridgehead atoms. The van der Waals surface area contributed by atoms with Crippen LogP contribution in [0.2, 0.25) is 0 Å². The van der Waals surface area contributed by atoms with Gasteiger partial charge >= 0.3 is 5.69 Å². The molecule has 1 heterocycles. The van der Waals surface area contributed by atoms with Crippen molar-refractivity contribution in [3.63, 3.8) is 0 Å². The van der Waals surface area contributed by atoms with Crippen LogP contribution in [0.3, 0.4) is 0 Å². The van der Waals surface area contributed by atoms with Gasteiger partial charge in [0.2, 0.25) is 0 Å². The van der Waals surface area contributed by atoms with Crippen LogP contribution < -0.4 is 11.2 Å². The molecule has 0 saturated heterocycles. The molecule has 6 nitrogen and oxygen atoms in total. The zero-order valence-corrected chi connectivity index (χ0v) is 10.9. The number of halogens is 2. The van der Waals surface area contributed by atoms with Crippen molar-refractivity contribution >= 4 is 27.8 Å². The van der Waals surface area contributed by atoms with Crippen molar-refractivity contribution in [1.82, 2.24) is 9.97 Å². The molecular formula is C11H7BrFN3O3. The summed E-state index contributed by atoms with van der Waals surface area (Å²) in [6.07, 6.45) is 2.23. The second-order valence-corrected chi connectivity index (χ2v) is 4.46. The van der Waals surface area contributed by atoms with Crippen molar-refractivity contribution in [2.24, 2.45) is 4.99 Å². The Bertz CT molecular complexity index is 767. The minimum atomic E-state index is -0.814. The van der Waals surface area contributed by atoms with E-state index in [1.165, 1.54) is 6.07 Å². The van der Waals surface area contributed by atoms with E-state index in [0.29, 0.717) is 4.47 Å². The van der Waals surface area contributed by atoms with Crippen molar-refractivity contribution in [3.8, 4) is 5.75 Å². The van der Waals surface area contributed by atoms with Crippen LogP contribution >= 0.6 is 15.9 Å². The highest BCUT2D eigenvalue weighted by Gasteiger charge is 2.07. The van der Waals surface area contributed by atoms with Crippen LogP contribution in [0.1, 0.15) is 5.56 Å². The lowest BCUT2D eigenvalue weighted by Crippen LogP contribution is -2.20. The van der Waals surface area contributed by atoms with Crippen LogP contribution in [0, 0.1) is 5.82 Å². The Morgan fingerprint density at radius 1 is 1.37 bits per heavy atom. The molecule has 0 radical (unpaired) electrons. The standard InChI is InChI=1S/C11H7BrFN3O3/c12-6-1-5(9(17)7(13)2-6)3-14-8-4-15-11(19)16-10(8)18/h1-4,17H,(H2,15,16,18,19). The second kappa shape index (κ2) is 5.19. The maximum atomic E-state index is 13.2. The average Bonchev–Trinajstić information content (AvgIpc) is 2.33. The number of phenols is 1. The molecule has 3 N–H and O–H groups in total. The molecule has 8 heteroatoms. The van der Waals surface area contributed by atoms with Gasteiger partial charge < -0.3 is 10.1 Å². The number of benzene rings is 1. The molecule has 1 aromatic heterocycles. The van der Waals surface area contributed by atoms with Crippen molar-refractivity contribution in [2.75, 3.05) is 0 Å². The first-order valence-electron chi connectivity index (χ1n) is 5.01. The Labute approximate surface area is 113 Å². The van der Waals surface area contributed by atoms with Crippen LogP contribution in [0.4, 0.5) is 10.1 Å². The molecule has 1 aromatic carbocycles. The van der Waals surface area contributed by atoms with Gasteiger partial charge in [-0.25, -0.2) is 14.2 Å². The number of nitrogens with zero attached hydrogens (tertiary/aromatic N) is 1. The van der Waals surface area contributed by atoms with Crippen LogP contribution in [0.25, 0.3) is 0 Å². The van der Waals surface area contributed by atoms with Crippen LogP contribution in [-0.4, -0.2) is 21.3 Å². The summed E-state index contributed by atoms with van der Waals surface area (Å²) in [6, 6.07) is 2.53. The van der Waals surface area contributed by atoms with Crippen LogP contribution in [0.15, 0.2) is 37.4 Å². The first-order chi connectivity index (χ1) is 8.97. The monoisotopic (exact) mass is 327 g/mol. The van der Waals surface area contributed by atoms with E-state index in [-0.39, 0.29) is 11.3 Å². The van der Waals surface area contributed by atoms with Gasteiger partial charge in [-0.1, -0.05) is 15.9 Å². The van der Waals surface area contributed by atoms with Crippen molar-refractivity contribution < 1.29 is 9.50 Å². The molecule has 0 aliphatic rings. The highest BCUT2D eigenvalue weighted by Crippen LogP contribution is 2.24. The Hall–Kier alpha value is -2.22.